The zero-order valence-electron chi connectivity index (χ0n) is 24.1. The van der Waals surface area contributed by atoms with Gasteiger partial charge in [-0.05, 0) is 51.4 Å². The summed E-state index contributed by atoms with van der Waals surface area (Å²) in [4.78, 5) is 5.54. The number of thiophene rings is 1. The highest BCUT2D eigenvalue weighted by molar-refractivity contribution is 7.91. The second-order valence-corrected chi connectivity index (χ2v) is 13.6. The van der Waals surface area contributed by atoms with Gasteiger partial charge in [-0.25, -0.2) is 13.1 Å². The van der Waals surface area contributed by atoms with Gasteiger partial charge in [-0.1, -0.05) is 27.2 Å². The lowest BCUT2D eigenvalue weighted by atomic mass is 10.1. The number of nitrogens with zero attached hydrogens (tertiary/aromatic N) is 4. The number of hydrogen-bond donors (Lipinski definition) is 4. The van der Waals surface area contributed by atoms with Crippen molar-refractivity contribution in [3.05, 3.63) is 28.5 Å². The average Bonchev–Trinajstić information content (AvgIpc) is 3.63. The van der Waals surface area contributed by atoms with Crippen LogP contribution in [0.5, 0.6) is 5.75 Å². The fourth-order valence-corrected chi connectivity index (χ4v) is 7.23. The van der Waals surface area contributed by atoms with Gasteiger partial charge in [-0.3, -0.25) is 0 Å². The van der Waals surface area contributed by atoms with Gasteiger partial charge in [0.05, 0.1) is 30.2 Å². The predicted octanol–water partition coefficient (Wildman–Crippen LogP) is 4.85. The molecule has 0 atom stereocenters. The third-order valence-corrected chi connectivity index (χ3v) is 9.94. The molecule has 1 aliphatic rings. The molecule has 0 unspecified atom stereocenters. The smallest absolute Gasteiger partial charge is 0.253 e. The van der Waals surface area contributed by atoms with Gasteiger partial charge in [0, 0.05) is 37.6 Å². The lowest BCUT2D eigenvalue weighted by Crippen LogP contribution is -2.44. The third kappa shape index (κ3) is 9.14. The first-order chi connectivity index (χ1) is 19.2. The molecule has 0 bridgehead atoms. The van der Waals surface area contributed by atoms with E-state index in [1.54, 1.807) is 13.8 Å². The molecule has 14 heteroatoms. The molecule has 224 valence electrons. The second kappa shape index (κ2) is 15.7. The van der Waals surface area contributed by atoms with Gasteiger partial charge in [0.15, 0.2) is 21.6 Å². The number of furan rings is 1. The maximum Gasteiger partial charge on any atom is 0.253 e. The van der Waals surface area contributed by atoms with Crippen LogP contribution in [-0.2, 0) is 23.0 Å². The van der Waals surface area contributed by atoms with E-state index >= 15 is 0 Å². The molecule has 0 radical (unpaired) electrons. The number of nitrogens with one attached hydrogen (secondary N) is 3. The molecule has 4 rings (SSSR count). The maximum absolute atomic E-state index is 12.4. The van der Waals surface area contributed by atoms with E-state index in [-0.39, 0.29) is 16.5 Å². The number of aromatic nitrogens is 2. The molecule has 3 aromatic rings. The Balaban J connectivity index is 0.00000141. The number of hydrogen-bond acceptors (Lipinski definition) is 12. The summed E-state index contributed by atoms with van der Waals surface area (Å²) >= 11 is 2.01. The van der Waals surface area contributed by atoms with Crippen molar-refractivity contribution in [3.63, 3.8) is 0 Å². The highest BCUT2D eigenvalue weighted by Gasteiger charge is 2.26. The largest absolute Gasteiger partial charge is 0.504 e. The Hall–Kier alpha value is -2.23. The van der Waals surface area contributed by atoms with Crippen LogP contribution in [0.2, 0.25) is 0 Å². The summed E-state index contributed by atoms with van der Waals surface area (Å²) in [5.74, 6) is 1.37. The van der Waals surface area contributed by atoms with Crippen LogP contribution < -0.4 is 15.4 Å². The Bertz CT molecular complexity index is 1280. The predicted molar refractivity (Wildman–Crippen MR) is 164 cm³/mol. The standard InChI is InChI=1S/C23H35N7O4S3.C3H8/c1-4-25-37(32,33)23-20(31)19(16(2)35-23)26-22-21(27-36-28-22)24-14-18-13-17(15-34-18)7-5-6-8-30-11-9-29(3)10-12-30;1-3-2/h13,15,25,31H,4-12,14H2,1-3H3,(H,24,27)(H,26,28);3H2,1-2H3. The SMILES string of the molecule is CCC.CCNS(=O)(=O)c1sc(C)c(Nc2nsnc2NCc2cc(CCCCN3CCN(C)CC3)co2)c1O. The fourth-order valence-electron chi connectivity index (χ4n) is 4.15. The van der Waals surface area contributed by atoms with Crippen molar-refractivity contribution >= 4 is 50.4 Å². The minimum Gasteiger partial charge on any atom is -0.504 e. The van der Waals surface area contributed by atoms with Crippen molar-refractivity contribution in [2.24, 2.45) is 0 Å². The molecule has 4 heterocycles. The molecule has 0 amide bonds. The molecule has 11 nitrogen and oxygen atoms in total. The van der Waals surface area contributed by atoms with E-state index in [2.05, 4.69) is 60.9 Å². The number of sulfonamides is 1. The van der Waals surface area contributed by atoms with Crippen molar-refractivity contribution in [2.45, 2.75) is 64.1 Å². The minimum absolute atomic E-state index is 0.126. The highest BCUT2D eigenvalue weighted by Crippen LogP contribution is 2.43. The van der Waals surface area contributed by atoms with Crippen LogP contribution in [0, 0.1) is 6.92 Å². The maximum atomic E-state index is 12.4. The van der Waals surface area contributed by atoms with Gasteiger partial charge >= 0.3 is 0 Å². The molecule has 3 aromatic heterocycles. The van der Waals surface area contributed by atoms with Gasteiger partial charge in [0.2, 0.25) is 0 Å². The van der Waals surface area contributed by atoms with E-state index in [0.717, 1.165) is 74.4 Å². The topological polar surface area (TPSA) is 136 Å². The number of unbranched alkanes of at least 4 members (excludes halogenated alkanes) is 1. The number of piperazine rings is 1. The first kappa shape index (κ1) is 32.3. The first-order valence-electron chi connectivity index (χ1n) is 13.8. The molecular formula is C26H43N7O4S3. The summed E-state index contributed by atoms with van der Waals surface area (Å²) in [6.45, 7) is 14.1. The molecule has 0 saturated carbocycles. The van der Waals surface area contributed by atoms with Crippen LogP contribution in [0.15, 0.2) is 21.0 Å². The molecule has 40 heavy (non-hydrogen) atoms. The lowest BCUT2D eigenvalue weighted by molar-refractivity contribution is 0.152. The quantitative estimate of drug-likeness (QED) is 0.198. The van der Waals surface area contributed by atoms with Gasteiger partial charge in [-0.15, -0.1) is 11.3 Å². The summed E-state index contributed by atoms with van der Waals surface area (Å²) in [5.41, 5.74) is 1.48. The molecule has 0 spiro atoms. The number of rotatable bonds is 13. The Morgan fingerprint density at radius 1 is 1.10 bits per heavy atom. The third-order valence-electron chi connectivity index (χ3n) is 6.26. The molecule has 1 aliphatic heterocycles. The Morgan fingerprint density at radius 2 is 1.80 bits per heavy atom. The van der Waals surface area contributed by atoms with E-state index in [1.165, 1.54) is 18.4 Å². The number of likely N-dealkylation sites (N-methyl/N-ethyl adjacent to an activating group) is 1. The van der Waals surface area contributed by atoms with Gasteiger partial charge in [-0.2, -0.15) is 8.75 Å². The van der Waals surface area contributed by atoms with Crippen LogP contribution in [0.25, 0.3) is 0 Å². The summed E-state index contributed by atoms with van der Waals surface area (Å²) in [6, 6.07) is 2.06. The number of aromatic hydroxyl groups is 1. The highest BCUT2D eigenvalue weighted by atomic mass is 32.2. The van der Waals surface area contributed by atoms with Crippen LogP contribution in [0.1, 0.15) is 56.2 Å². The number of anilines is 3. The molecule has 4 N–H and O–H groups in total. The summed E-state index contributed by atoms with van der Waals surface area (Å²) < 4.78 is 41.3. The summed E-state index contributed by atoms with van der Waals surface area (Å²) in [6.07, 6.45) is 6.34. The van der Waals surface area contributed by atoms with Crippen LogP contribution in [-0.4, -0.2) is 78.4 Å². The monoisotopic (exact) mass is 613 g/mol. The summed E-state index contributed by atoms with van der Waals surface area (Å²) in [7, 11) is -1.60. The molecule has 1 saturated heterocycles. The average molecular weight is 614 g/mol. The summed E-state index contributed by atoms with van der Waals surface area (Å²) in [5, 5.41) is 16.8. The normalized spacial score (nSPS) is 14.6. The van der Waals surface area contributed by atoms with Crippen molar-refractivity contribution in [3.8, 4) is 5.75 Å². The van der Waals surface area contributed by atoms with Crippen LogP contribution in [0.4, 0.5) is 17.3 Å². The Labute approximate surface area is 246 Å². The zero-order valence-corrected chi connectivity index (χ0v) is 26.6. The van der Waals surface area contributed by atoms with Crippen molar-refractivity contribution in [2.75, 3.05) is 56.9 Å². The molecule has 1 fully saturated rings. The van der Waals surface area contributed by atoms with Crippen molar-refractivity contribution < 1.29 is 17.9 Å². The minimum atomic E-state index is -3.78. The van der Waals surface area contributed by atoms with E-state index in [1.807, 2.05) is 6.26 Å². The van der Waals surface area contributed by atoms with E-state index in [4.69, 9.17) is 4.42 Å². The van der Waals surface area contributed by atoms with Gasteiger partial charge < -0.3 is 30.0 Å². The van der Waals surface area contributed by atoms with Crippen molar-refractivity contribution in [1.82, 2.24) is 23.3 Å². The van der Waals surface area contributed by atoms with Crippen LogP contribution in [0.3, 0.4) is 0 Å². The van der Waals surface area contributed by atoms with Crippen molar-refractivity contribution in [1.29, 1.82) is 0 Å². The van der Waals surface area contributed by atoms with Crippen LogP contribution >= 0.6 is 23.1 Å². The fraction of sp³-hybridized carbons (Fsp3) is 0.615. The Morgan fingerprint density at radius 3 is 2.50 bits per heavy atom. The van der Waals surface area contributed by atoms with Gasteiger partial charge in [0.1, 0.15) is 5.76 Å². The first-order valence-corrected chi connectivity index (χ1v) is 16.8. The number of aryl methyl sites for hydroxylation is 2. The van der Waals surface area contributed by atoms with Gasteiger partial charge in [0.25, 0.3) is 10.0 Å². The molecule has 0 aromatic carbocycles. The van der Waals surface area contributed by atoms with E-state index in [9.17, 15) is 13.5 Å². The van der Waals surface area contributed by atoms with E-state index < -0.39 is 10.0 Å². The zero-order chi connectivity index (χ0) is 29.1. The molecule has 0 aliphatic carbocycles. The lowest BCUT2D eigenvalue weighted by Gasteiger charge is -2.32. The second-order valence-electron chi connectivity index (χ2n) is 9.84. The Kier molecular flexibility index (Phi) is 12.7. The van der Waals surface area contributed by atoms with E-state index in [0.29, 0.717) is 28.7 Å². The molecular weight excluding hydrogens is 571 g/mol.